The monoisotopic (exact) mass is 369 g/mol. The van der Waals surface area contributed by atoms with E-state index in [-0.39, 0.29) is 16.9 Å². The number of hydrogen-bond donors (Lipinski definition) is 1. The highest BCUT2D eigenvalue weighted by Crippen LogP contribution is 2.27. The van der Waals surface area contributed by atoms with Crippen molar-refractivity contribution in [2.45, 2.75) is 30.4 Å². The summed E-state index contributed by atoms with van der Waals surface area (Å²) in [6.45, 7) is 3.19. The molecule has 0 aliphatic heterocycles. The highest BCUT2D eigenvalue weighted by molar-refractivity contribution is 8.00. The molecule has 0 spiro atoms. The number of para-hydroxylation sites is 1. The molecule has 10 heteroatoms. The lowest BCUT2D eigenvalue weighted by Crippen LogP contribution is -2.35. The Morgan fingerprint density at radius 2 is 2.00 bits per heavy atom. The number of carbonyl (C=O) groups is 2. The molecule has 0 fully saturated rings. The van der Waals surface area contributed by atoms with Crippen LogP contribution in [0.15, 0.2) is 33.9 Å². The zero-order valence-corrected chi connectivity index (χ0v) is 14.5. The van der Waals surface area contributed by atoms with Gasteiger partial charge in [0.1, 0.15) is 0 Å². The van der Waals surface area contributed by atoms with Gasteiger partial charge in [-0.3, -0.25) is 10.1 Å². The molecule has 1 aromatic heterocycles. The fourth-order valence-electron chi connectivity index (χ4n) is 1.67. The Labute approximate surface area is 147 Å². The molecule has 0 unspecified atom stereocenters. The molecular formula is C15H16FN3O5S. The smallest absolute Gasteiger partial charge is 0.413 e. The van der Waals surface area contributed by atoms with Crippen molar-refractivity contribution in [2.24, 2.45) is 0 Å². The van der Waals surface area contributed by atoms with Crippen LogP contribution in [-0.2, 0) is 9.53 Å². The number of nitrogens with zero attached hydrogens (tertiary/aromatic N) is 2. The minimum absolute atomic E-state index is 0.0632. The predicted octanol–water partition coefficient (Wildman–Crippen LogP) is 2.71. The van der Waals surface area contributed by atoms with E-state index in [1.165, 1.54) is 12.1 Å². The van der Waals surface area contributed by atoms with Gasteiger partial charge in [-0.2, -0.15) is 0 Å². The maximum atomic E-state index is 13.6. The standard InChI is InChI=1S/C15H16FN3O5S/c1-8(23-11-7-5-4-6-10(11)16)13-18-19-15(24-13)25-9(2)12(20)17-14(21)22-3/h4-9H,1-3H3,(H,17,20,21)/t8-,9+/m1/s1. The van der Waals surface area contributed by atoms with Crippen LogP contribution in [-0.4, -0.2) is 34.6 Å². The summed E-state index contributed by atoms with van der Waals surface area (Å²) in [5, 5.41) is 9.11. The van der Waals surface area contributed by atoms with Crippen LogP contribution in [0.3, 0.4) is 0 Å². The van der Waals surface area contributed by atoms with Crippen molar-refractivity contribution in [3.8, 4) is 5.75 Å². The maximum absolute atomic E-state index is 13.6. The second-order valence-corrected chi connectivity index (χ2v) is 6.13. The largest absolute Gasteiger partial charge is 0.478 e. The molecule has 2 rings (SSSR count). The number of rotatable bonds is 6. The first kappa shape index (κ1) is 18.7. The van der Waals surface area contributed by atoms with E-state index < -0.39 is 29.2 Å². The van der Waals surface area contributed by atoms with Crippen LogP contribution in [0.2, 0.25) is 0 Å². The lowest BCUT2D eigenvalue weighted by Gasteiger charge is -2.11. The lowest BCUT2D eigenvalue weighted by atomic mass is 10.3. The van der Waals surface area contributed by atoms with Crippen LogP contribution < -0.4 is 10.1 Å². The number of nitrogens with one attached hydrogen (secondary N) is 1. The van der Waals surface area contributed by atoms with E-state index in [1.54, 1.807) is 26.0 Å². The quantitative estimate of drug-likeness (QED) is 0.775. The highest BCUT2D eigenvalue weighted by atomic mass is 32.2. The van der Waals surface area contributed by atoms with E-state index >= 15 is 0 Å². The molecule has 2 atom stereocenters. The highest BCUT2D eigenvalue weighted by Gasteiger charge is 2.22. The Kier molecular flexibility index (Phi) is 6.34. The summed E-state index contributed by atoms with van der Waals surface area (Å²) < 4.78 is 28.8. The van der Waals surface area contributed by atoms with Crippen LogP contribution in [0.25, 0.3) is 0 Å². The number of aromatic nitrogens is 2. The van der Waals surface area contributed by atoms with Crippen LogP contribution in [0.5, 0.6) is 5.75 Å². The van der Waals surface area contributed by atoms with Gasteiger partial charge in [0.2, 0.25) is 5.91 Å². The second kappa shape index (κ2) is 8.47. The summed E-state index contributed by atoms with van der Waals surface area (Å²) in [5.41, 5.74) is 0. The normalized spacial score (nSPS) is 13.0. The van der Waals surface area contributed by atoms with Crippen molar-refractivity contribution in [1.82, 2.24) is 15.5 Å². The van der Waals surface area contributed by atoms with Crippen molar-refractivity contribution in [2.75, 3.05) is 7.11 Å². The van der Waals surface area contributed by atoms with Gasteiger partial charge in [-0.05, 0) is 26.0 Å². The van der Waals surface area contributed by atoms with Crippen LogP contribution in [0.4, 0.5) is 9.18 Å². The van der Waals surface area contributed by atoms with E-state index in [4.69, 9.17) is 9.15 Å². The number of methoxy groups -OCH3 is 1. The summed E-state index contributed by atoms with van der Waals surface area (Å²) in [4.78, 5) is 22.8. The Morgan fingerprint density at radius 3 is 2.68 bits per heavy atom. The number of carbonyl (C=O) groups excluding carboxylic acids is 2. The average Bonchev–Trinajstić information content (AvgIpc) is 3.05. The molecule has 8 nitrogen and oxygen atoms in total. The molecule has 2 aromatic rings. The van der Waals surface area contributed by atoms with Crippen molar-refractivity contribution in [1.29, 1.82) is 0 Å². The minimum atomic E-state index is -0.851. The third kappa shape index (κ3) is 5.18. The van der Waals surface area contributed by atoms with Gasteiger partial charge < -0.3 is 13.9 Å². The van der Waals surface area contributed by atoms with Crippen molar-refractivity contribution in [3.05, 3.63) is 36.0 Å². The molecule has 1 heterocycles. The van der Waals surface area contributed by atoms with Gasteiger partial charge in [0.15, 0.2) is 17.7 Å². The topological polar surface area (TPSA) is 104 Å². The van der Waals surface area contributed by atoms with Crippen molar-refractivity contribution in [3.63, 3.8) is 0 Å². The molecule has 0 aliphatic rings. The van der Waals surface area contributed by atoms with Gasteiger partial charge in [-0.1, -0.05) is 23.9 Å². The first-order chi connectivity index (χ1) is 11.9. The van der Waals surface area contributed by atoms with Gasteiger partial charge in [-0.15, -0.1) is 10.2 Å². The Hall–Kier alpha value is -2.62. The van der Waals surface area contributed by atoms with E-state index in [9.17, 15) is 14.0 Å². The molecule has 0 radical (unpaired) electrons. The maximum Gasteiger partial charge on any atom is 0.413 e. The molecule has 1 aromatic carbocycles. The van der Waals surface area contributed by atoms with Gasteiger partial charge in [0.25, 0.3) is 11.1 Å². The Bertz CT molecular complexity index is 754. The molecule has 0 bridgehead atoms. The number of thioether (sulfide) groups is 1. The van der Waals surface area contributed by atoms with Crippen LogP contribution >= 0.6 is 11.8 Å². The molecular weight excluding hydrogens is 353 g/mol. The summed E-state index contributed by atoms with van der Waals surface area (Å²) in [6.07, 6.45) is -1.53. The number of amides is 2. The van der Waals surface area contributed by atoms with Crippen molar-refractivity contribution >= 4 is 23.8 Å². The van der Waals surface area contributed by atoms with Crippen LogP contribution in [0, 0.1) is 5.82 Å². The number of hydrogen-bond acceptors (Lipinski definition) is 8. The molecule has 1 N–H and O–H groups in total. The van der Waals surface area contributed by atoms with Gasteiger partial charge in [0.05, 0.1) is 12.4 Å². The second-order valence-electron chi connectivity index (χ2n) is 4.84. The zero-order chi connectivity index (χ0) is 18.4. The van der Waals surface area contributed by atoms with Crippen molar-refractivity contribution < 1.29 is 27.9 Å². The van der Waals surface area contributed by atoms with E-state index in [1.807, 2.05) is 5.32 Å². The Morgan fingerprint density at radius 1 is 1.28 bits per heavy atom. The van der Waals surface area contributed by atoms with E-state index in [0.717, 1.165) is 18.9 Å². The van der Waals surface area contributed by atoms with Crippen LogP contribution in [0.1, 0.15) is 25.8 Å². The molecule has 0 saturated carbocycles. The van der Waals surface area contributed by atoms with Gasteiger partial charge >= 0.3 is 6.09 Å². The fraction of sp³-hybridized carbons (Fsp3) is 0.333. The predicted molar refractivity (Wildman–Crippen MR) is 85.6 cm³/mol. The number of halogens is 1. The number of alkyl carbamates (subject to hydrolysis) is 1. The molecule has 0 saturated heterocycles. The number of ether oxygens (including phenoxy) is 2. The molecule has 2 amide bonds. The molecule has 0 aliphatic carbocycles. The zero-order valence-electron chi connectivity index (χ0n) is 13.7. The average molecular weight is 369 g/mol. The number of imide groups is 1. The fourth-order valence-corrected chi connectivity index (χ4v) is 2.36. The number of benzene rings is 1. The van der Waals surface area contributed by atoms with Gasteiger partial charge in [0, 0.05) is 0 Å². The third-order valence-corrected chi connectivity index (χ3v) is 3.90. The Balaban J connectivity index is 1.96. The SMILES string of the molecule is COC(=O)NC(=O)[C@H](C)Sc1nnc([C@@H](C)Oc2ccccc2F)o1. The minimum Gasteiger partial charge on any atom is -0.478 e. The third-order valence-electron chi connectivity index (χ3n) is 2.97. The van der Waals surface area contributed by atoms with E-state index in [2.05, 4.69) is 14.9 Å². The van der Waals surface area contributed by atoms with Gasteiger partial charge in [-0.25, -0.2) is 9.18 Å². The summed E-state index contributed by atoms with van der Waals surface area (Å²) in [6, 6.07) is 5.95. The first-order valence-electron chi connectivity index (χ1n) is 7.20. The summed E-state index contributed by atoms with van der Waals surface area (Å²) in [7, 11) is 1.15. The summed E-state index contributed by atoms with van der Waals surface area (Å²) in [5.74, 6) is -0.872. The molecule has 25 heavy (non-hydrogen) atoms. The summed E-state index contributed by atoms with van der Waals surface area (Å²) >= 11 is 0.962. The lowest BCUT2D eigenvalue weighted by molar-refractivity contribution is -0.119. The first-order valence-corrected chi connectivity index (χ1v) is 8.08. The molecule has 134 valence electrons. The van der Waals surface area contributed by atoms with E-state index in [0.29, 0.717) is 0 Å².